The molecule has 0 N–H and O–H groups in total. The lowest BCUT2D eigenvalue weighted by atomic mass is 9.83. The number of thiophene rings is 1. The summed E-state index contributed by atoms with van der Waals surface area (Å²) in [5.74, 6) is 0.889. The van der Waals surface area contributed by atoms with Crippen LogP contribution in [0.5, 0.6) is 0 Å². The van der Waals surface area contributed by atoms with Crippen molar-refractivity contribution in [3.63, 3.8) is 0 Å². The highest BCUT2D eigenvalue weighted by molar-refractivity contribution is 7.25. The molecule has 0 aliphatic heterocycles. The molecule has 0 amide bonds. The number of fused-ring (bicyclic) bond motifs is 11. The van der Waals surface area contributed by atoms with Crippen LogP contribution in [0.15, 0.2) is 179 Å². The Bertz CT molecular complexity index is 3390. The van der Waals surface area contributed by atoms with Gasteiger partial charge in [0, 0.05) is 58.4 Å². The smallest absolute Gasteiger partial charge is 0.143 e. The minimum atomic E-state index is 0.889. The molecule has 0 saturated carbocycles. The summed E-state index contributed by atoms with van der Waals surface area (Å²) in [6.07, 6.45) is 0. The summed E-state index contributed by atoms with van der Waals surface area (Å²) in [6.45, 7) is 0. The predicted octanol–water partition coefficient (Wildman–Crippen LogP) is 15.2. The molecule has 0 spiro atoms. The van der Waals surface area contributed by atoms with E-state index in [9.17, 15) is 0 Å². The third-order valence-corrected chi connectivity index (χ3v) is 12.2. The van der Waals surface area contributed by atoms with Crippen LogP contribution in [-0.4, -0.2) is 0 Å². The van der Waals surface area contributed by atoms with Gasteiger partial charge in [0.1, 0.15) is 22.5 Å². The predicted molar refractivity (Wildman–Crippen MR) is 225 cm³/mol. The van der Waals surface area contributed by atoms with Crippen molar-refractivity contribution in [2.45, 2.75) is 0 Å². The van der Waals surface area contributed by atoms with Crippen LogP contribution in [0.1, 0.15) is 0 Å². The number of hydrogen-bond donors (Lipinski definition) is 0. The van der Waals surface area contributed by atoms with Gasteiger partial charge in [-0.15, -0.1) is 11.3 Å². The topological polar surface area (TPSA) is 26.3 Å². The van der Waals surface area contributed by atoms with Crippen molar-refractivity contribution in [2.24, 2.45) is 0 Å². The quantitative estimate of drug-likeness (QED) is 0.172. The lowest BCUT2D eigenvalue weighted by Gasteiger charge is -2.19. The highest BCUT2D eigenvalue weighted by Gasteiger charge is 2.26. The number of hydrogen-bond acceptors (Lipinski definition) is 3. The van der Waals surface area contributed by atoms with Crippen LogP contribution in [0.4, 0.5) is 0 Å². The molecule has 0 aliphatic rings. The third-order valence-electron chi connectivity index (χ3n) is 11.1. The normalized spacial score (nSPS) is 12.2. The van der Waals surface area contributed by atoms with E-state index in [1.165, 1.54) is 58.4 Å². The maximum absolute atomic E-state index is 7.01. The van der Waals surface area contributed by atoms with E-state index in [1.807, 2.05) is 17.4 Å². The fourth-order valence-electron chi connectivity index (χ4n) is 8.80. The second kappa shape index (κ2) is 10.9. The van der Waals surface area contributed by atoms with E-state index in [0.29, 0.717) is 0 Å². The first kappa shape index (κ1) is 29.0. The molecule has 0 atom stereocenters. The maximum Gasteiger partial charge on any atom is 0.143 e. The molecule has 0 fully saturated rings. The Morgan fingerprint density at radius 2 is 1.02 bits per heavy atom. The molecule has 53 heavy (non-hydrogen) atoms. The van der Waals surface area contributed by atoms with Gasteiger partial charge in [0.15, 0.2) is 0 Å². The van der Waals surface area contributed by atoms with Gasteiger partial charge in [-0.1, -0.05) is 140 Å². The largest absolute Gasteiger partial charge is 0.455 e. The van der Waals surface area contributed by atoms with Gasteiger partial charge in [-0.05, 0) is 68.4 Å². The summed E-state index contributed by atoms with van der Waals surface area (Å²) in [5, 5.41) is 12.9. The zero-order valence-electron chi connectivity index (χ0n) is 28.4. The molecule has 3 aromatic heterocycles. The van der Waals surface area contributed by atoms with Gasteiger partial charge in [-0.3, -0.25) is 0 Å². The number of rotatable bonds is 3. The summed E-state index contributed by atoms with van der Waals surface area (Å²) in [5.41, 5.74) is 8.48. The number of furan rings is 2. The summed E-state index contributed by atoms with van der Waals surface area (Å²) >= 11 is 1.85. The standard InChI is InChI=1S/C50H28O2S/c1-2-13-30(14-3-1)49-48(40-28-44-39(27-42(40)52-49)32-17-9-11-24-43(32)53-44)47-35-20-6-4-18-33(35)46(34-19-5-7-21-36(34)47)38-22-12-15-29-25-26-37-31-16-8-10-23-41(31)51-50(37)45(29)38/h1-28H. The van der Waals surface area contributed by atoms with Crippen LogP contribution in [0.25, 0.3) is 119 Å². The van der Waals surface area contributed by atoms with Crippen molar-refractivity contribution < 1.29 is 8.83 Å². The summed E-state index contributed by atoms with van der Waals surface area (Å²) in [7, 11) is 0. The SMILES string of the molecule is c1ccc(-c2oc3cc4c(cc3c2-c2c3ccccc3c(-c3cccc5ccc6c7ccccc7oc6c35)c3ccccc23)sc2ccccc24)cc1. The number of para-hydroxylation sites is 1. The fraction of sp³-hybridized carbons (Fsp3) is 0. The second-order valence-corrected chi connectivity index (χ2v) is 15.0. The third kappa shape index (κ3) is 4.08. The van der Waals surface area contributed by atoms with Gasteiger partial charge in [0.25, 0.3) is 0 Å². The molecule has 3 heterocycles. The van der Waals surface area contributed by atoms with Crippen LogP contribution < -0.4 is 0 Å². The summed E-state index contributed by atoms with van der Waals surface area (Å²) in [6, 6.07) is 61.1. The average molecular weight is 693 g/mol. The van der Waals surface area contributed by atoms with Gasteiger partial charge in [0.2, 0.25) is 0 Å². The van der Waals surface area contributed by atoms with Crippen LogP contribution in [-0.2, 0) is 0 Å². The van der Waals surface area contributed by atoms with Crippen LogP contribution >= 0.6 is 11.3 Å². The first-order valence-corrected chi connectivity index (χ1v) is 18.8. The Morgan fingerprint density at radius 1 is 0.358 bits per heavy atom. The Labute approximate surface area is 307 Å². The molecule has 9 aromatic carbocycles. The Hall–Kier alpha value is -6.68. The van der Waals surface area contributed by atoms with Crippen molar-refractivity contribution in [3.05, 3.63) is 170 Å². The monoisotopic (exact) mass is 692 g/mol. The Kier molecular flexibility index (Phi) is 5.96. The second-order valence-electron chi connectivity index (χ2n) is 13.9. The van der Waals surface area contributed by atoms with E-state index in [0.717, 1.165) is 60.6 Å². The van der Waals surface area contributed by atoms with Crippen LogP contribution in [0, 0.1) is 0 Å². The Morgan fingerprint density at radius 3 is 1.79 bits per heavy atom. The minimum absolute atomic E-state index is 0.889. The molecule has 0 saturated heterocycles. The van der Waals surface area contributed by atoms with Crippen molar-refractivity contribution in [3.8, 4) is 33.6 Å². The number of benzene rings is 9. The fourth-order valence-corrected chi connectivity index (χ4v) is 9.93. The molecule has 246 valence electrons. The molecular weight excluding hydrogens is 665 g/mol. The molecule has 12 rings (SSSR count). The molecular formula is C50H28O2S. The summed E-state index contributed by atoms with van der Waals surface area (Å²) in [4.78, 5) is 0. The lowest BCUT2D eigenvalue weighted by molar-refractivity contribution is 0.633. The molecule has 0 bridgehead atoms. The average Bonchev–Trinajstić information content (AvgIpc) is 3.90. The molecule has 3 heteroatoms. The van der Waals surface area contributed by atoms with E-state index in [4.69, 9.17) is 8.83 Å². The molecule has 0 unspecified atom stereocenters. The first-order valence-electron chi connectivity index (χ1n) is 18.0. The van der Waals surface area contributed by atoms with E-state index in [-0.39, 0.29) is 0 Å². The van der Waals surface area contributed by atoms with Gasteiger partial charge in [-0.2, -0.15) is 0 Å². The molecule has 2 nitrogen and oxygen atoms in total. The van der Waals surface area contributed by atoms with E-state index >= 15 is 0 Å². The van der Waals surface area contributed by atoms with Crippen molar-refractivity contribution >= 4 is 96.7 Å². The van der Waals surface area contributed by atoms with E-state index in [2.05, 4.69) is 164 Å². The lowest BCUT2D eigenvalue weighted by Crippen LogP contribution is -1.92. The van der Waals surface area contributed by atoms with Gasteiger partial charge >= 0.3 is 0 Å². The van der Waals surface area contributed by atoms with Crippen LogP contribution in [0.2, 0.25) is 0 Å². The highest BCUT2D eigenvalue weighted by atomic mass is 32.1. The maximum atomic E-state index is 7.01. The van der Waals surface area contributed by atoms with Crippen molar-refractivity contribution in [2.75, 3.05) is 0 Å². The van der Waals surface area contributed by atoms with Gasteiger partial charge in [-0.25, -0.2) is 0 Å². The van der Waals surface area contributed by atoms with E-state index in [1.54, 1.807) is 0 Å². The van der Waals surface area contributed by atoms with Crippen molar-refractivity contribution in [1.29, 1.82) is 0 Å². The van der Waals surface area contributed by atoms with Crippen LogP contribution in [0.3, 0.4) is 0 Å². The van der Waals surface area contributed by atoms with Crippen molar-refractivity contribution in [1.82, 2.24) is 0 Å². The molecule has 0 radical (unpaired) electrons. The molecule has 12 aromatic rings. The zero-order valence-corrected chi connectivity index (χ0v) is 29.2. The van der Waals surface area contributed by atoms with Gasteiger partial charge in [0.05, 0.1) is 0 Å². The summed E-state index contributed by atoms with van der Waals surface area (Å²) < 4.78 is 16.2. The molecule has 0 aliphatic carbocycles. The zero-order chi connectivity index (χ0) is 34.6. The highest BCUT2D eigenvalue weighted by Crippen LogP contribution is 2.52. The minimum Gasteiger partial charge on any atom is -0.455 e. The Balaban J connectivity index is 1.24. The van der Waals surface area contributed by atoms with E-state index < -0.39 is 0 Å². The van der Waals surface area contributed by atoms with Gasteiger partial charge < -0.3 is 8.83 Å². The first-order chi connectivity index (χ1) is 26.3.